The van der Waals surface area contributed by atoms with E-state index in [1.165, 1.54) is 5.56 Å². The third-order valence-electron chi connectivity index (χ3n) is 2.68. The minimum Gasteiger partial charge on any atom is -0.508 e. The lowest BCUT2D eigenvalue weighted by molar-refractivity contribution is 0.474. The summed E-state index contributed by atoms with van der Waals surface area (Å²) < 4.78 is 0. The molecule has 0 saturated carbocycles. The minimum atomic E-state index is 0.196. The molecule has 0 fully saturated rings. The fraction of sp³-hybridized carbons (Fsp3) is 0.417. The number of aryl methyl sites for hydroxylation is 2. The van der Waals surface area contributed by atoms with Gasteiger partial charge in [-0.15, -0.1) is 0 Å². The van der Waals surface area contributed by atoms with E-state index in [1.807, 2.05) is 20.8 Å². The highest BCUT2D eigenvalue weighted by Gasteiger charge is 2.11. The van der Waals surface area contributed by atoms with Crippen molar-refractivity contribution < 1.29 is 5.11 Å². The van der Waals surface area contributed by atoms with Crippen molar-refractivity contribution in [1.29, 1.82) is 0 Å². The summed E-state index contributed by atoms with van der Waals surface area (Å²) in [6.07, 6.45) is 0.841. The Morgan fingerprint density at radius 2 is 1.87 bits per heavy atom. The van der Waals surface area contributed by atoms with Gasteiger partial charge >= 0.3 is 0 Å². The second-order valence-corrected chi connectivity index (χ2v) is 4.54. The number of phenolic OH excluding ortho intramolecular Hbond substituents is 1. The van der Waals surface area contributed by atoms with Crippen molar-refractivity contribution >= 4 is 17.2 Å². The minimum absolute atomic E-state index is 0.196. The third-order valence-corrected chi connectivity index (χ3v) is 3.08. The molecule has 0 aliphatic heterocycles. The van der Waals surface area contributed by atoms with Crippen LogP contribution < -0.4 is 5.73 Å². The first-order chi connectivity index (χ1) is 6.91. The SMILES string of the molecule is Cc1cc(O)cc(C)c1CC(C)C(N)=S. The van der Waals surface area contributed by atoms with E-state index in [0.29, 0.717) is 10.7 Å². The molecule has 1 rings (SSSR count). The van der Waals surface area contributed by atoms with Gasteiger partial charge < -0.3 is 10.8 Å². The predicted molar refractivity (Wildman–Crippen MR) is 67.2 cm³/mol. The van der Waals surface area contributed by atoms with Crippen molar-refractivity contribution in [2.75, 3.05) is 0 Å². The van der Waals surface area contributed by atoms with E-state index >= 15 is 0 Å². The number of rotatable bonds is 3. The van der Waals surface area contributed by atoms with Crippen molar-refractivity contribution in [3.8, 4) is 5.75 Å². The first-order valence-corrected chi connectivity index (χ1v) is 5.41. The lowest BCUT2D eigenvalue weighted by Gasteiger charge is -2.14. The first kappa shape index (κ1) is 12.0. The summed E-state index contributed by atoms with van der Waals surface area (Å²) in [5.74, 6) is 0.513. The molecule has 0 aliphatic carbocycles. The highest BCUT2D eigenvalue weighted by molar-refractivity contribution is 7.80. The Morgan fingerprint density at radius 3 is 2.27 bits per heavy atom. The van der Waals surface area contributed by atoms with Crippen LogP contribution in [0.2, 0.25) is 0 Å². The predicted octanol–water partition coefficient (Wildman–Crippen LogP) is 2.47. The number of benzene rings is 1. The van der Waals surface area contributed by atoms with Crippen LogP contribution in [0.25, 0.3) is 0 Å². The van der Waals surface area contributed by atoms with E-state index in [9.17, 15) is 5.11 Å². The summed E-state index contributed by atoms with van der Waals surface area (Å²) >= 11 is 4.96. The van der Waals surface area contributed by atoms with Gasteiger partial charge in [0.05, 0.1) is 4.99 Å². The Kier molecular flexibility index (Phi) is 3.69. The summed E-state index contributed by atoms with van der Waals surface area (Å²) in [6.45, 7) is 6.01. The van der Waals surface area contributed by atoms with Gasteiger partial charge in [0.25, 0.3) is 0 Å². The van der Waals surface area contributed by atoms with Crippen LogP contribution in [0.3, 0.4) is 0 Å². The Bertz CT molecular complexity index is 364. The topological polar surface area (TPSA) is 46.2 Å². The number of hydrogen-bond acceptors (Lipinski definition) is 2. The smallest absolute Gasteiger partial charge is 0.116 e. The number of thiocarbonyl (C=S) groups is 1. The standard InChI is InChI=1S/C12H17NOS/c1-7-4-10(14)5-8(2)11(7)6-9(3)12(13)15/h4-5,9,14H,6H2,1-3H3,(H2,13,15). The molecule has 3 N–H and O–H groups in total. The number of phenols is 1. The molecule has 0 aliphatic rings. The van der Waals surface area contributed by atoms with Crippen LogP contribution in [0.15, 0.2) is 12.1 Å². The number of hydrogen-bond donors (Lipinski definition) is 2. The zero-order valence-corrected chi connectivity index (χ0v) is 10.2. The zero-order chi connectivity index (χ0) is 11.6. The first-order valence-electron chi connectivity index (χ1n) is 5.00. The Labute approximate surface area is 96.1 Å². The van der Waals surface area contributed by atoms with Crippen molar-refractivity contribution in [1.82, 2.24) is 0 Å². The second kappa shape index (κ2) is 4.62. The van der Waals surface area contributed by atoms with Crippen LogP contribution >= 0.6 is 12.2 Å². The van der Waals surface area contributed by atoms with E-state index in [0.717, 1.165) is 17.5 Å². The summed E-state index contributed by atoms with van der Waals surface area (Å²) in [5.41, 5.74) is 9.01. The largest absolute Gasteiger partial charge is 0.508 e. The van der Waals surface area contributed by atoms with Crippen molar-refractivity contribution in [2.24, 2.45) is 11.7 Å². The van der Waals surface area contributed by atoms with Gasteiger partial charge in [-0.2, -0.15) is 0 Å². The average Bonchev–Trinajstić information content (AvgIpc) is 2.10. The van der Waals surface area contributed by atoms with E-state index in [-0.39, 0.29) is 5.92 Å². The van der Waals surface area contributed by atoms with Crippen LogP contribution in [-0.2, 0) is 6.42 Å². The molecular formula is C12H17NOS. The molecular weight excluding hydrogens is 206 g/mol. The average molecular weight is 223 g/mol. The molecule has 1 atom stereocenters. The van der Waals surface area contributed by atoms with E-state index in [1.54, 1.807) is 12.1 Å². The molecule has 0 spiro atoms. The fourth-order valence-electron chi connectivity index (χ4n) is 1.70. The van der Waals surface area contributed by atoms with Crippen molar-refractivity contribution in [3.05, 3.63) is 28.8 Å². The maximum atomic E-state index is 9.41. The van der Waals surface area contributed by atoms with Crippen LogP contribution in [0.4, 0.5) is 0 Å². The highest BCUT2D eigenvalue weighted by atomic mass is 32.1. The molecule has 2 nitrogen and oxygen atoms in total. The van der Waals surface area contributed by atoms with E-state index in [4.69, 9.17) is 18.0 Å². The number of nitrogens with two attached hydrogens (primary N) is 1. The Balaban J connectivity index is 3.00. The summed E-state index contributed by atoms with van der Waals surface area (Å²) in [6, 6.07) is 3.54. The number of aromatic hydroxyl groups is 1. The lowest BCUT2D eigenvalue weighted by Crippen LogP contribution is -2.20. The molecule has 1 aromatic rings. The van der Waals surface area contributed by atoms with Crippen LogP contribution in [0.5, 0.6) is 5.75 Å². The summed E-state index contributed by atoms with van der Waals surface area (Å²) in [5, 5.41) is 9.41. The molecule has 0 saturated heterocycles. The lowest BCUT2D eigenvalue weighted by atomic mass is 9.93. The van der Waals surface area contributed by atoms with Gasteiger partial charge in [0.15, 0.2) is 0 Å². The van der Waals surface area contributed by atoms with Gasteiger partial charge in [-0.05, 0) is 49.1 Å². The van der Waals surface area contributed by atoms with Gasteiger partial charge in [-0.3, -0.25) is 0 Å². The Morgan fingerprint density at radius 1 is 1.40 bits per heavy atom. The third kappa shape index (κ3) is 2.93. The monoisotopic (exact) mass is 223 g/mol. The van der Waals surface area contributed by atoms with E-state index < -0.39 is 0 Å². The van der Waals surface area contributed by atoms with Crippen LogP contribution in [-0.4, -0.2) is 10.1 Å². The maximum Gasteiger partial charge on any atom is 0.116 e. The fourth-order valence-corrected chi connectivity index (χ4v) is 1.78. The highest BCUT2D eigenvalue weighted by Crippen LogP contribution is 2.23. The molecule has 3 heteroatoms. The second-order valence-electron chi connectivity index (χ2n) is 4.07. The van der Waals surface area contributed by atoms with E-state index in [2.05, 4.69) is 0 Å². The van der Waals surface area contributed by atoms with Crippen molar-refractivity contribution in [3.63, 3.8) is 0 Å². The quantitative estimate of drug-likeness (QED) is 0.774. The molecule has 0 aromatic heterocycles. The molecule has 82 valence electrons. The molecule has 0 bridgehead atoms. The zero-order valence-electron chi connectivity index (χ0n) is 9.37. The van der Waals surface area contributed by atoms with Crippen LogP contribution in [0, 0.1) is 19.8 Å². The molecule has 0 amide bonds. The van der Waals surface area contributed by atoms with Gasteiger partial charge in [0, 0.05) is 5.92 Å². The molecule has 15 heavy (non-hydrogen) atoms. The molecule has 1 unspecified atom stereocenters. The summed E-state index contributed by atoms with van der Waals surface area (Å²) in [7, 11) is 0. The van der Waals surface area contributed by atoms with Gasteiger partial charge in [0.2, 0.25) is 0 Å². The molecule has 0 radical (unpaired) electrons. The van der Waals surface area contributed by atoms with Gasteiger partial charge in [0.1, 0.15) is 5.75 Å². The maximum absolute atomic E-state index is 9.41. The van der Waals surface area contributed by atoms with Gasteiger partial charge in [-0.1, -0.05) is 19.1 Å². The van der Waals surface area contributed by atoms with Crippen LogP contribution in [0.1, 0.15) is 23.6 Å². The molecule has 1 aromatic carbocycles. The normalized spacial score (nSPS) is 12.5. The Hall–Kier alpha value is -1.09. The van der Waals surface area contributed by atoms with Gasteiger partial charge in [-0.25, -0.2) is 0 Å². The van der Waals surface area contributed by atoms with Crippen molar-refractivity contribution in [2.45, 2.75) is 27.2 Å². The molecule has 0 heterocycles. The summed E-state index contributed by atoms with van der Waals surface area (Å²) in [4.78, 5) is 0.543.